The molecule has 1 N–H and O–H groups in total. The molecule has 0 aromatic heterocycles. The first-order valence-corrected chi connectivity index (χ1v) is 7.65. The number of likely N-dealkylation sites (tertiary alicyclic amines) is 1. The topological polar surface area (TPSA) is 79.0 Å². The molecule has 0 radical (unpaired) electrons. The second-order valence-corrected chi connectivity index (χ2v) is 6.27. The van der Waals surface area contributed by atoms with Crippen LogP contribution in [0.15, 0.2) is 18.2 Å². The first-order valence-electron chi connectivity index (χ1n) is 7.65. The molecule has 3 aliphatic heterocycles. The lowest BCUT2D eigenvalue weighted by Crippen LogP contribution is -2.37. The first kappa shape index (κ1) is 14.0. The van der Waals surface area contributed by atoms with Crippen molar-refractivity contribution in [1.29, 1.82) is 0 Å². The third kappa shape index (κ3) is 2.23. The third-order valence-corrected chi connectivity index (χ3v) is 4.81. The van der Waals surface area contributed by atoms with Gasteiger partial charge < -0.3 is 19.9 Å². The van der Waals surface area contributed by atoms with Crippen LogP contribution in [0.2, 0.25) is 0 Å². The molecule has 1 aromatic carbocycles. The summed E-state index contributed by atoms with van der Waals surface area (Å²) in [4.78, 5) is 39.1. The van der Waals surface area contributed by atoms with Crippen LogP contribution < -0.4 is 15.0 Å². The molecule has 120 valence electrons. The second kappa shape index (κ2) is 4.97. The number of carbonyl (C=O) groups excluding carboxylic acids is 3. The Morgan fingerprint density at radius 3 is 2.91 bits per heavy atom. The molecule has 0 spiro atoms. The predicted molar refractivity (Wildman–Crippen MR) is 81.3 cm³/mol. The average molecular weight is 315 g/mol. The van der Waals surface area contributed by atoms with Crippen LogP contribution >= 0.6 is 0 Å². The Bertz CT molecular complexity index is 701. The van der Waals surface area contributed by atoms with Crippen LogP contribution in [0, 0.1) is 5.92 Å². The zero-order valence-electron chi connectivity index (χ0n) is 12.7. The molecule has 23 heavy (non-hydrogen) atoms. The van der Waals surface area contributed by atoms with E-state index >= 15 is 0 Å². The highest BCUT2D eigenvalue weighted by Crippen LogP contribution is 2.33. The van der Waals surface area contributed by atoms with E-state index in [0.717, 1.165) is 0 Å². The van der Waals surface area contributed by atoms with E-state index in [1.165, 1.54) is 4.90 Å². The van der Waals surface area contributed by atoms with E-state index in [2.05, 4.69) is 5.32 Å². The number of benzene rings is 1. The smallest absolute Gasteiger partial charge is 0.264 e. The van der Waals surface area contributed by atoms with Crippen molar-refractivity contribution >= 4 is 23.4 Å². The molecule has 7 heteroatoms. The van der Waals surface area contributed by atoms with Gasteiger partial charge in [0.05, 0.1) is 11.7 Å². The predicted octanol–water partition coefficient (Wildman–Crippen LogP) is 0.00230. The Balaban J connectivity index is 1.56. The van der Waals surface area contributed by atoms with Crippen molar-refractivity contribution in [3.63, 3.8) is 0 Å². The summed E-state index contributed by atoms with van der Waals surface area (Å²) in [6.45, 7) is 1.15. The molecule has 2 atom stereocenters. The summed E-state index contributed by atoms with van der Waals surface area (Å²) < 4.78 is 5.38. The zero-order valence-corrected chi connectivity index (χ0v) is 12.7. The number of nitrogens with one attached hydrogen (secondary N) is 1. The van der Waals surface area contributed by atoms with Crippen molar-refractivity contribution in [1.82, 2.24) is 10.2 Å². The first-order chi connectivity index (χ1) is 11.0. The highest BCUT2D eigenvalue weighted by atomic mass is 16.5. The van der Waals surface area contributed by atoms with Gasteiger partial charge in [0.2, 0.25) is 5.91 Å². The molecule has 3 aliphatic rings. The van der Waals surface area contributed by atoms with Crippen LogP contribution in [-0.2, 0) is 9.59 Å². The number of amides is 3. The summed E-state index contributed by atoms with van der Waals surface area (Å²) in [5, 5.41) is 2.91. The highest BCUT2D eigenvalue weighted by Gasteiger charge is 2.41. The van der Waals surface area contributed by atoms with Crippen molar-refractivity contribution in [2.75, 3.05) is 31.6 Å². The molecule has 2 saturated heterocycles. The van der Waals surface area contributed by atoms with Crippen LogP contribution in [-0.4, -0.2) is 55.4 Å². The molecule has 0 saturated carbocycles. The number of rotatable bonds is 1. The monoisotopic (exact) mass is 315 g/mol. The minimum atomic E-state index is -0.138. The number of nitrogens with zero attached hydrogens (tertiary/aromatic N) is 2. The molecule has 1 aromatic rings. The van der Waals surface area contributed by atoms with Gasteiger partial charge in [-0.1, -0.05) is 0 Å². The highest BCUT2D eigenvalue weighted by molar-refractivity contribution is 6.01. The Labute approximate surface area is 133 Å². The second-order valence-electron chi connectivity index (χ2n) is 6.27. The van der Waals surface area contributed by atoms with Crippen LogP contribution in [0.25, 0.3) is 0 Å². The van der Waals surface area contributed by atoms with Crippen LogP contribution in [0.5, 0.6) is 5.75 Å². The van der Waals surface area contributed by atoms with E-state index in [1.54, 1.807) is 30.1 Å². The number of fused-ring (bicyclic) bond motifs is 2. The third-order valence-electron chi connectivity index (χ3n) is 4.81. The van der Waals surface area contributed by atoms with Crippen LogP contribution in [0.3, 0.4) is 0 Å². The lowest BCUT2D eigenvalue weighted by molar-refractivity contribution is -0.121. The number of likely N-dealkylation sites (N-methyl/N-ethyl adjacent to an activating group) is 1. The van der Waals surface area contributed by atoms with E-state index in [0.29, 0.717) is 36.5 Å². The van der Waals surface area contributed by atoms with Gasteiger partial charge in [-0.25, -0.2) is 0 Å². The maximum Gasteiger partial charge on any atom is 0.264 e. The number of carbonyl (C=O) groups is 3. The lowest BCUT2D eigenvalue weighted by Gasteiger charge is -2.26. The van der Waals surface area contributed by atoms with Gasteiger partial charge in [-0.05, 0) is 18.2 Å². The van der Waals surface area contributed by atoms with Gasteiger partial charge >= 0.3 is 0 Å². The van der Waals surface area contributed by atoms with Gasteiger partial charge in [0.25, 0.3) is 11.8 Å². The quantitative estimate of drug-likeness (QED) is 0.791. The zero-order chi connectivity index (χ0) is 16.1. The lowest BCUT2D eigenvalue weighted by atomic mass is 10.1. The van der Waals surface area contributed by atoms with E-state index in [4.69, 9.17) is 4.74 Å². The summed E-state index contributed by atoms with van der Waals surface area (Å²) in [6.07, 6.45) is 0.490. The van der Waals surface area contributed by atoms with Crippen LogP contribution in [0.1, 0.15) is 16.8 Å². The Morgan fingerprint density at radius 2 is 2.13 bits per heavy atom. The van der Waals surface area contributed by atoms with E-state index in [1.807, 2.05) is 0 Å². The molecule has 0 unspecified atom stereocenters. The fourth-order valence-electron chi connectivity index (χ4n) is 3.50. The summed E-state index contributed by atoms with van der Waals surface area (Å²) >= 11 is 0. The van der Waals surface area contributed by atoms with Gasteiger partial charge in [0.1, 0.15) is 5.75 Å². The van der Waals surface area contributed by atoms with Crippen molar-refractivity contribution < 1.29 is 19.1 Å². The van der Waals surface area contributed by atoms with Crippen molar-refractivity contribution in [2.45, 2.75) is 12.5 Å². The van der Waals surface area contributed by atoms with E-state index in [9.17, 15) is 14.4 Å². The molecule has 0 aliphatic carbocycles. The summed E-state index contributed by atoms with van der Waals surface area (Å²) in [7, 11) is 1.67. The van der Waals surface area contributed by atoms with Crippen LogP contribution in [0.4, 0.5) is 5.69 Å². The normalized spacial score (nSPS) is 25.8. The fourth-order valence-corrected chi connectivity index (χ4v) is 3.50. The largest absolute Gasteiger partial charge is 0.482 e. The molecule has 3 heterocycles. The summed E-state index contributed by atoms with van der Waals surface area (Å²) in [5.41, 5.74) is 1.14. The molecule has 2 fully saturated rings. The average Bonchev–Trinajstić information content (AvgIpc) is 3.07. The number of ether oxygens (including phenoxy) is 1. The van der Waals surface area contributed by atoms with E-state index < -0.39 is 0 Å². The summed E-state index contributed by atoms with van der Waals surface area (Å²) in [6, 6.07) is 5.21. The van der Waals surface area contributed by atoms with E-state index in [-0.39, 0.29) is 36.3 Å². The molecule has 0 bridgehead atoms. The van der Waals surface area contributed by atoms with Gasteiger partial charge in [0.15, 0.2) is 6.61 Å². The Hall–Kier alpha value is -2.57. The van der Waals surface area contributed by atoms with Crippen molar-refractivity contribution in [2.24, 2.45) is 5.92 Å². The number of hydrogen-bond donors (Lipinski definition) is 1. The molecule has 3 amide bonds. The summed E-state index contributed by atoms with van der Waals surface area (Å²) in [5.74, 6) is 0.660. The van der Waals surface area contributed by atoms with Gasteiger partial charge in [-0.2, -0.15) is 0 Å². The maximum absolute atomic E-state index is 12.7. The standard InChI is InChI=1S/C16H17N3O4/c1-18-12-4-9(2-3-13(12)23-8-15(18)21)16(22)19-6-10-5-14(20)17-11(10)7-19/h2-4,10-11H,5-8H2,1H3,(H,17,20)/t10-,11+/m0/s1. The molecular formula is C16H17N3O4. The minimum Gasteiger partial charge on any atom is -0.482 e. The van der Waals surface area contributed by atoms with Crippen molar-refractivity contribution in [3.05, 3.63) is 23.8 Å². The SMILES string of the molecule is CN1C(=O)COc2ccc(C(=O)N3C[C@@H]4CC(=O)N[C@@H]4C3)cc21. The molecular weight excluding hydrogens is 298 g/mol. The Morgan fingerprint density at radius 1 is 1.30 bits per heavy atom. The fraction of sp³-hybridized carbons (Fsp3) is 0.438. The molecule has 4 rings (SSSR count). The van der Waals surface area contributed by atoms with Gasteiger partial charge in [-0.15, -0.1) is 0 Å². The van der Waals surface area contributed by atoms with Gasteiger partial charge in [0, 0.05) is 38.0 Å². The molecule has 7 nitrogen and oxygen atoms in total. The Kier molecular flexibility index (Phi) is 3.04. The number of hydrogen-bond acceptors (Lipinski definition) is 4. The van der Waals surface area contributed by atoms with Crippen molar-refractivity contribution in [3.8, 4) is 5.75 Å². The minimum absolute atomic E-state index is 0.0198. The van der Waals surface area contributed by atoms with Gasteiger partial charge in [-0.3, -0.25) is 14.4 Å². The number of anilines is 1. The maximum atomic E-state index is 12.7.